The van der Waals surface area contributed by atoms with E-state index in [0.717, 1.165) is 5.56 Å². The van der Waals surface area contributed by atoms with Gasteiger partial charge in [0.15, 0.2) is 0 Å². The molecule has 1 aromatic carbocycles. The molecule has 6 nitrogen and oxygen atoms in total. The summed E-state index contributed by atoms with van der Waals surface area (Å²) in [6.07, 6.45) is 0.450. The van der Waals surface area contributed by atoms with E-state index < -0.39 is 11.9 Å². The molecule has 2 aromatic rings. The van der Waals surface area contributed by atoms with E-state index in [1.54, 1.807) is 13.0 Å². The van der Waals surface area contributed by atoms with Crippen LogP contribution in [0.15, 0.2) is 24.3 Å². The number of rotatable bonds is 4. The van der Waals surface area contributed by atoms with Crippen molar-refractivity contribution in [3.05, 3.63) is 51.3 Å². The Kier molecular flexibility index (Phi) is 5.01. The van der Waals surface area contributed by atoms with Gasteiger partial charge in [0.25, 0.3) is 5.91 Å². The predicted molar refractivity (Wildman–Crippen MR) is 94.2 cm³/mol. The van der Waals surface area contributed by atoms with Crippen LogP contribution < -0.4 is 0 Å². The van der Waals surface area contributed by atoms with E-state index in [0.29, 0.717) is 35.8 Å². The van der Waals surface area contributed by atoms with Crippen LogP contribution in [0.1, 0.15) is 28.0 Å². The molecule has 0 spiro atoms. The van der Waals surface area contributed by atoms with Crippen molar-refractivity contribution in [2.75, 3.05) is 13.1 Å². The predicted octanol–water partition coefficient (Wildman–Crippen LogP) is 3.09. The zero-order chi connectivity index (χ0) is 18.1. The number of carboxylic acids is 1. The number of carbonyl (C=O) groups is 2. The lowest BCUT2D eigenvalue weighted by atomic mass is 10.1. The Morgan fingerprint density at radius 2 is 2.04 bits per heavy atom. The van der Waals surface area contributed by atoms with E-state index in [-0.39, 0.29) is 17.6 Å². The molecule has 1 unspecified atom stereocenters. The SMILES string of the molecule is Cc1nn(Cc2ccccc2Cl)c(Cl)c1C(=O)N1CCC(C(=O)O)C1. The minimum absolute atomic E-state index is 0.194. The molecular formula is C17H17Cl2N3O3. The molecule has 1 N–H and O–H groups in total. The van der Waals surface area contributed by atoms with E-state index in [4.69, 9.17) is 28.3 Å². The van der Waals surface area contributed by atoms with Crippen molar-refractivity contribution in [2.45, 2.75) is 19.9 Å². The summed E-state index contributed by atoms with van der Waals surface area (Å²) in [4.78, 5) is 25.4. The van der Waals surface area contributed by atoms with Gasteiger partial charge in [-0.3, -0.25) is 9.59 Å². The second-order valence-corrected chi connectivity index (χ2v) is 6.84. The van der Waals surface area contributed by atoms with Crippen molar-refractivity contribution < 1.29 is 14.7 Å². The number of nitrogens with zero attached hydrogens (tertiary/aromatic N) is 3. The Labute approximate surface area is 154 Å². The number of carboxylic acid groups (broad SMARTS) is 1. The van der Waals surface area contributed by atoms with Crippen LogP contribution in [0.4, 0.5) is 0 Å². The van der Waals surface area contributed by atoms with Gasteiger partial charge < -0.3 is 10.0 Å². The van der Waals surface area contributed by atoms with Crippen molar-refractivity contribution in [2.24, 2.45) is 5.92 Å². The summed E-state index contributed by atoms with van der Waals surface area (Å²) in [6.45, 7) is 2.66. The Morgan fingerprint density at radius 3 is 2.68 bits per heavy atom. The number of amides is 1. The third-order valence-corrected chi connectivity index (χ3v) is 5.13. The molecule has 1 amide bonds. The van der Waals surface area contributed by atoms with Crippen molar-refractivity contribution in [1.82, 2.24) is 14.7 Å². The quantitative estimate of drug-likeness (QED) is 0.882. The Bertz CT molecular complexity index is 835. The third-order valence-electron chi connectivity index (χ3n) is 4.38. The summed E-state index contributed by atoms with van der Waals surface area (Å²) < 4.78 is 1.54. The summed E-state index contributed by atoms with van der Waals surface area (Å²) >= 11 is 12.6. The highest BCUT2D eigenvalue weighted by molar-refractivity contribution is 6.33. The first kappa shape index (κ1) is 17.8. The van der Waals surface area contributed by atoms with Crippen molar-refractivity contribution >= 4 is 35.1 Å². The van der Waals surface area contributed by atoms with Crippen LogP contribution in [-0.4, -0.2) is 44.8 Å². The molecular weight excluding hydrogens is 365 g/mol. The van der Waals surface area contributed by atoms with Gasteiger partial charge in [-0.1, -0.05) is 41.4 Å². The number of aryl methyl sites for hydroxylation is 1. The molecule has 1 atom stereocenters. The number of benzene rings is 1. The molecule has 0 saturated carbocycles. The minimum Gasteiger partial charge on any atom is -0.481 e. The number of aliphatic carboxylic acids is 1. The first-order valence-corrected chi connectivity index (χ1v) is 8.62. The van der Waals surface area contributed by atoms with Gasteiger partial charge in [-0.2, -0.15) is 5.10 Å². The molecule has 3 rings (SSSR count). The first-order chi connectivity index (χ1) is 11.9. The van der Waals surface area contributed by atoms with E-state index >= 15 is 0 Å². The minimum atomic E-state index is -0.882. The Hall–Kier alpha value is -2.05. The molecule has 8 heteroatoms. The zero-order valence-electron chi connectivity index (χ0n) is 13.6. The van der Waals surface area contributed by atoms with E-state index in [1.807, 2.05) is 18.2 Å². The molecule has 2 heterocycles. The Balaban J connectivity index is 1.84. The molecule has 1 aliphatic heterocycles. The molecule has 0 aliphatic carbocycles. The van der Waals surface area contributed by atoms with Crippen LogP contribution in [0, 0.1) is 12.8 Å². The fourth-order valence-electron chi connectivity index (χ4n) is 2.99. The number of hydrogen-bond acceptors (Lipinski definition) is 3. The maximum absolute atomic E-state index is 12.8. The van der Waals surface area contributed by atoms with Gasteiger partial charge in [0.2, 0.25) is 0 Å². The lowest BCUT2D eigenvalue weighted by Crippen LogP contribution is -2.30. The molecule has 1 aliphatic rings. The second-order valence-electron chi connectivity index (χ2n) is 6.08. The summed E-state index contributed by atoms with van der Waals surface area (Å²) in [5.41, 5.74) is 1.68. The molecule has 1 saturated heterocycles. The Morgan fingerprint density at radius 1 is 1.32 bits per heavy atom. The number of carbonyl (C=O) groups excluding carboxylic acids is 1. The first-order valence-electron chi connectivity index (χ1n) is 7.87. The molecule has 132 valence electrons. The fraction of sp³-hybridized carbons (Fsp3) is 0.353. The number of halogens is 2. The standard InChI is InChI=1S/C17H17Cl2N3O3/c1-10-14(16(23)21-7-6-12(8-21)17(24)25)15(19)22(20-10)9-11-4-2-3-5-13(11)18/h2-5,12H,6-9H2,1H3,(H,24,25). The van der Waals surface area contributed by atoms with Crippen molar-refractivity contribution in [1.29, 1.82) is 0 Å². The smallest absolute Gasteiger partial charge is 0.308 e. The van der Waals surface area contributed by atoms with Crippen LogP contribution in [0.5, 0.6) is 0 Å². The normalized spacial score (nSPS) is 17.1. The van der Waals surface area contributed by atoms with E-state index in [1.165, 1.54) is 9.58 Å². The molecule has 1 fully saturated rings. The highest BCUT2D eigenvalue weighted by atomic mass is 35.5. The van der Waals surface area contributed by atoms with E-state index in [9.17, 15) is 9.59 Å². The average molecular weight is 382 g/mol. The van der Waals surface area contributed by atoms with Gasteiger partial charge in [-0.05, 0) is 25.0 Å². The summed E-state index contributed by atoms with van der Waals surface area (Å²) in [7, 11) is 0. The number of likely N-dealkylation sites (tertiary alicyclic amines) is 1. The van der Waals surface area contributed by atoms with Gasteiger partial charge in [-0.25, -0.2) is 4.68 Å². The lowest BCUT2D eigenvalue weighted by Gasteiger charge is -2.15. The van der Waals surface area contributed by atoms with Gasteiger partial charge in [0, 0.05) is 18.1 Å². The largest absolute Gasteiger partial charge is 0.481 e. The van der Waals surface area contributed by atoms with Crippen molar-refractivity contribution in [3.8, 4) is 0 Å². The highest BCUT2D eigenvalue weighted by Crippen LogP contribution is 2.27. The summed E-state index contributed by atoms with van der Waals surface area (Å²) in [5, 5.41) is 14.3. The van der Waals surface area contributed by atoms with Gasteiger partial charge in [-0.15, -0.1) is 0 Å². The number of aromatic nitrogens is 2. The van der Waals surface area contributed by atoms with Crippen molar-refractivity contribution in [3.63, 3.8) is 0 Å². The topological polar surface area (TPSA) is 75.4 Å². The van der Waals surface area contributed by atoms with Crippen LogP contribution in [0.2, 0.25) is 10.2 Å². The maximum Gasteiger partial charge on any atom is 0.308 e. The average Bonchev–Trinajstić information content (AvgIpc) is 3.15. The maximum atomic E-state index is 12.8. The third kappa shape index (κ3) is 3.50. The van der Waals surface area contributed by atoms with Gasteiger partial charge in [0.05, 0.1) is 23.7 Å². The zero-order valence-corrected chi connectivity index (χ0v) is 15.1. The molecule has 1 aromatic heterocycles. The van der Waals surface area contributed by atoms with Crippen LogP contribution >= 0.6 is 23.2 Å². The van der Waals surface area contributed by atoms with Crippen LogP contribution in [0.3, 0.4) is 0 Å². The molecule has 0 radical (unpaired) electrons. The fourth-order valence-corrected chi connectivity index (χ4v) is 3.50. The van der Waals surface area contributed by atoms with Crippen LogP contribution in [0.25, 0.3) is 0 Å². The van der Waals surface area contributed by atoms with Crippen LogP contribution in [-0.2, 0) is 11.3 Å². The second kappa shape index (κ2) is 7.06. The highest BCUT2D eigenvalue weighted by Gasteiger charge is 2.33. The van der Waals surface area contributed by atoms with E-state index in [2.05, 4.69) is 5.10 Å². The lowest BCUT2D eigenvalue weighted by molar-refractivity contribution is -0.141. The number of hydrogen-bond donors (Lipinski definition) is 1. The monoisotopic (exact) mass is 381 g/mol. The molecule has 0 bridgehead atoms. The summed E-state index contributed by atoms with van der Waals surface area (Å²) in [6, 6.07) is 7.36. The van der Waals surface area contributed by atoms with Gasteiger partial charge in [0.1, 0.15) is 5.15 Å². The molecule has 25 heavy (non-hydrogen) atoms. The van der Waals surface area contributed by atoms with Gasteiger partial charge >= 0.3 is 5.97 Å². The summed E-state index contributed by atoms with van der Waals surface area (Å²) in [5.74, 6) is -1.69.